The zero-order valence-corrected chi connectivity index (χ0v) is 19.6. The molecule has 0 aliphatic carbocycles. The number of β-amino-alcohol motifs (C(OH)–C–C–N with tert-alkyl or cyclic N) is 1. The van der Waals surface area contributed by atoms with E-state index < -0.39 is 6.10 Å². The number of hydrogen-bond acceptors (Lipinski definition) is 6. The molecule has 0 spiro atoms. The van der Waals surface area contributed by atoms with E-state index in [0.29, 0.717) is 31.1 Å². The van der Waals surface area contributed by atoms with Crippen LogP contribution in [0.15, 0.2) is 54.6 Å². The number of amides is 1. The van der Waals surface area contributed by atoms with Crippen molar-refractivity contribution in [2.45, 2.75) is 19.6 Å². The van der Waals surface area contributed by atoms with Crippen molar-refractivity contribution in [1.29, 1.82) is 0 Å². The molecular formula is C26H35N3O4. The number of hydrogen-bond donors (Lipinski definition) is 2. The van der Waals surface area contributed by atoms with Gasteiger partial charge in [-0.2, -0.15) is 0 Å². The Labute approximate surface area is 196 Å². The maximum Gasteiger partial charge on any atom is 0.234 e. The van der Waals surface area contributed by atoms with Gasteiger partial charge in [0.25, 0.3) is 0 Å². The van der Waals surface area contributed by atoms with Gasteiger partial charge in [-0.25, -0.2) is 0 Å². The minimum atomic E-state index is -0.606. The van der Waals surface area contributed by atoms with Crippen LogP contribution in [0.5, 0.6) is 11.5 Å². The highest BCUT2D eigenvalue weighted by Crippen LogP contribution is 2.28. The van der Waals surface area contributed by atoms with Gasteiger partial charge in [0.15, 0.2) is 11.5 Å². The fraction of sp³-hybridized carbons (Fsp3) is 0.423. The third-order valence-corrected chi connectivity index (χ3v) is 5.61. The Hall–Kier alpha value is -2.87. The molecule has 7 heteroatoms. The third kappa shape index (κ3) is 8.20. The average Bonchev–Trinajstić information content (AvgIpc) is 2.84. The lowest BCUT2D eigenvalue weighted by molar-refractivity contribution is -0.122. The largest absolute Gasteiger partial charge is 0.493 e. The Morgan fingerprint density at radius 2 is 1.82 bits per heavy atom. The van der Waals surface area contributed by atoms with Crippen LogP contribution in [0, 0.1) is 0 Å². The number of nitrogens with zero attached hydrogens (tertiary/aromatic N) is 2. The fourth-order valence-electron chi connectivity index (χ4n) is 3.82. The Morgan fingerprint density at radius 3 is 2.52 bits per heavy atom. The van der Waals surface area contributed by atoms with E-state index in [4.69, 9.17) is 9.47 Å². The molecule has 1 heterocycles. The van der Waals surface area contributed by atoms with Crippen molar-refractivity contribution in [3.63, 3.8) is 0 Å². The summed E-state index contributed by atoms with van der Waals surface area (Å²) in [5.74, 6) is 1.31. The van der Waals surface area contributed by atoms with Gasteiger partial charge < -0.3 is 19.9 Å². The van der Waals surface area contributed by atoms with Crippen LogP contribution >= 0.6 is 0 Å². The standard InChI is InChI=1S/C26H35N3O4/c1-3-7-21-10-11-24(25(16-21)32-2)33-20-23(30)18-28-12-14-29(15-13-28)19-26(31)27-17-22-8-5-4-6-9-22/h3-11,16,23,30H,12-15,17-20H2,1-2H3,(H,27,31)/b7-3+. The summed E-state index contributed by atoms with van der Waals surface area (Å²) in [7, 11) is 1.61. The number of nitrogens with one attached hydrogen (secondary N) is 1. The van der Waals surface area contributed by atoms with Crippen LogP contribution in [0.4, 0.5) is 0 Å². The maximum atomic E-state index is 12.2. The van der Waals surface area contributed by atoms with E-state index in [9.17, 15) is 9.90 Å². The van der Waals surface area contributed by atoms with Crippen LogP contribution in [-0.4, -0.2) is 79.9 Å². The predicted octanol–water partition coefficient (Wildman–Crippen LogP) is 2.40. The Bertz CT molecular complexity index is 896. The van der Waals surface area contributed by atoms with E-state index in [0.717, 1.165) is 37.3 Å². The van der Waals surface area contributed by atoms with Gasteiger partial charge in [-0.3, -0.25) is 14.6 Å². The second-order valence-electron chi connectivity index (χ2n) is 8.21. The number of aliphatic hydroxyl groups is 1. The number of allylic oxidation sites excluding steroid dienone is 1. The number of benzene rings is 2. The molecular weight excluding hydrogens is 418 g/mol. The van der Waals surface area contributed by atoms with E-state index >= 15 is 0 Å². The van der Waals surface area contributed by atoms with Crippen molar-refractivity contribution < 1.29 is 19.4 Å². The first-order chi connectivity index (χ1) is 16.1. The van der Waals surface area contributed by atoms with Crippen LogP contribution in [0.2, 0.25) is 0 Å². The quantitative estimate of drug-likeness (QED) is 0.544. The lowest BCUT2D eigenvalue weighted by Gasteiger charge is -2.35. The molecule has 1 aliphatic rings. The zero-order valence-electron chi connectivity index (χ0n) is 19.6. The van der Waals surface area contributed by atoms with Crippen molar-refractivity contribution >= 4 is 12.0 Å². The average molecular weight is 454 g/mol. The fourth-order valence-corrected chi connectivity index (χ4v) is 3.82. The number of carbonyl (C=O) groups is 1. The molecule has 33 heavy (non-hydrogen) atoms. The Morgan fingerprint density at radius 1 is 1.09 bits per heavy atom. The highest BCUT2D eigenvalue weighted by Gasteiger charge is 2.21. The smallest absolute Gasteiger partial charge is 0.234 e. The molecule has 7 nitrogen and oxygen atoms in total. The van der Waals surface area contributed by atoms with E-state index in [1.807, 2.05) is 67.6 Å². The molecule has 3 rings (SSSR count). The first kappa shape index (κ1) is 24.8. The zero-order chi connectivity index (χ0) is 23.5. The molecule has 1 atom stereocenters. The number of aliphatic hydroxyl groups excluding tert-OH is 1. The van der Waals surface area contributed by atoms with Gasteiger partial charge in [0.05, 0.1) is 13.7 Å². The van der Waals surface area contributed by atoms with Gasteiger partial charge in [-0.15, -0.1) is 0 Å². The predicted molar refractivity (Wildman–Crippen MR) is 130 cm³/mol. The number of ether oxygens (including phenoxy) is 2. The van der Waals surface area contributed by atoms with Gasteiger partial charge in [0, 0.05) is 39.3 Å². The van der Waals surface area contributed by atoms with Gasteiger partial charge >= 0.3 is 0 Å². The van der Waals surface area contributed by atoms with Crippen LogP contribution in [-0.2, 0) is 11.3 Å². The van der Waals surface area contributed by atoms with Crippen LogP contribution in [0.3, 0.4) is 0 Å². The molecule has 2 aromatic rings. The summed E-state index contributed by atoms with van der Waals surface area (Å²) >= 11 is 0. The summed E-state index contributed by atoms with van der Waals surface area (Å²) in [6, 6.07) is 15.6. The number of rotatable bonds is 11. The summed E-state index contributed by atoms with van der Waals surface area (Å²) in [4.78, 5) is 16.6. The molecule has 0 radical (unpaired) electrons. The molecule has 1 saturated heterocycles. The molecule has 0 saturated carbocycles. The van der Waals surface area contributed by atoms with E-state index in [-0.39, 0.29) is 12.5 Å². The normalized spacial score (nSPS) is 16.0. The summed E-state index contributed by atoms with van der Waals surface area (Å²) in [5, 5.41) is 13.4. The number of carbonyl (C=O) groups excluding carboxylic acids is 1. The van der Waals surface area contributed by atoms with E-state index in [1.54, 1.807) is 7.11 Å². The molecule has 1 fully saturated rings. The lowest BCUT2D eigenvalue weighted by atomic mass is 10.2. The lowest BCUT2D eigenvalue weighted by Crippen LogP contribution is -2.51. The monoisotopic (exact) mass is 453 g/mol. The Balaban J connectivity index is 1.35. The first-order valence-corrected chi connectivity index (χ1v) is 11.4. The van der Waals surface area contributed by atoms with Crippen LogP contribution in [0.25, 0.3) is 6.08 Å². The number of piperazine rings is 1. The van der Waals surface area contributed by atoms with Gasteiger partial charge in [0.1, 0.15) is 12.7 Å². The number of methoxy groups -OCH3 is 1. The molecule has 0 aromatic heterocycles. The first-order valence-electron chi connectivity index (χ1n) is 11.4. The molecule has 178 valence electrons. The molecule has 2 aromatic carbocycles. The van der Waals surface area contributed by atoms with Gasteiger partial charge in [-0.1, -0.05) is 48.6 Å². The molecule has 1 amide bonds. The van der Waals surface area contributed by atoms with Crippen molar-refractivity contribution in [1.82, 2.24) is 15.1 Å². The van der Waals surface area contributed by atoms with Gasteiger partial charge in [0.2, 0.25) is 5.91 Å². The van der Waals surface area contributed by atoms with E-state index in [2.05, 4.69) is 15.1 Å². The second-order valence-corrected chi connectivity index (χ2v) is 8.21. The van der Waals surface area contributed by atoms with Crippen molar-refractivity contribution in [3.05, 3.63) is 65.7 Å². The van der Waals surface area contributed by atoms with Crippen LogP contribution in [0.1, 0.15) is 18.1 Å². The molecule has 0 bridgehead atoms. The summed E-state index contributed by atoms with van der Waals surface area (Å²) in [6.07, 6.45) is 3.36. The topological polar surface area (TPSA) is 74.3 Å². The molecule has 1 unspecified atom stereocenters. The SMILES string of the molecule is C/C=C/c1ccc(OCC(O)CN2CCN(CC(=O)NCc3ccccc3)CC2)c(OC)c1. The minimum Gasteiger partial charge on any atom is -0.493 e. The van der Waals surface area contributed by atoms with Crippen molar-refractivity contribution in [2.75, 3.05) is 53.0 Å². The Kier molecular flexibility index (Phi) is 9.75. The van der Waals surface area contributed by atoms with E-state index in [1.165, 1.54) is 0 Å². The molecule has 2 N–H and O–H groups in total. The minimum absolute atomic E-state index is 0.0372. The van der Waals surface area contributed by atoms with Gasteiger partial charge in [-0.05, 0) is 30.2 Å². The maximum absolute atomic E-state index is 12.2. The highest BCUT2D eigenvalue weighted by atomic mass is 16.5. The summed E-state index contributed by atoms with van der Waals surface area (Å²) in [6.45, 7) is 6.86. The summed E-state index contributed by atoms with van der Waals surface area (Å²) < 4.78 is 11.2. The van der Waals surface area contributed by atoms with Crippen molar-refractivity contribution in [2.24, 2.45) is 0 Å². The van der Waals surface area contributed by atoms with Crippen molar-refractivity contribution in [3.8, 4) is 11.5 Å². The molecule has 1 aliphatic heterocycles. The highest BCUT2D eigenvalue weighted by molar-refractivity contribution is 5.78. The van der Waals surface area contributed by atoms with Crippen LogP contribution < -0.4 is 14.8 Å². The second kappa shape index (κ2) is 13.0. The summed E-state index contributed by atoms with van der Waals surface area (Å²) in [5.41, 5.74) is 2.13. The third-order valence-electron chi connectivity index (χ3n) is 5.61.